The first-order valence-corrected chi connectivity index (χ1v) is 6.44. The van der Waals surface area contributed by atoms with Gasteiger partial charge in [-0.3, -0.25) is 4.79 Å². The van der Waals surface area contributed by atoms with E-state index in [2.05, 4.69) is 10.3 Å². The van der Waals surface area contributed by atoms with Gasteiger partial charge in [0.2, 0.25) is 0 Å². The number of rotatable bonds is 5. The van der Waals surface area contributed by atoms with Crippen LogP contribution in [0.1, 0.15) is 49.2 Å². The Morgan fingerprint density at radius 2 is 2.17 bits per heavy atom. The summed E-state index contributed by atoms with van der Waals surface area (Å²) in [5, 5.41) is 12.1. The Bertz CT molecular complexity index is 417. The minimum Gasteiger partial charge on any atom is -0.394 e. The van der Waals surface area contributed by atoms with E-state index in [0.717, 1.165) is 5.69 Å². The second-order valence-electron chi connectivity index (χ2n) is 4.52. The molecule has 1 rings (SSSR count). The average molecular weight is 271 g/mol. The molecule has 0 aliphatic carbocycles. The topological polar surface area (TPSA) is 62.2 Å². The van der Waals surface area contributed by atoms with Crippen LogP contribution in [-0.2, 0) is 0 Å². The van der Waals surface area contributed by atoms with Crippen LogP contribution in [0.2, 0.25) is 5.15 Å². The van der Waals surface area contributed by atoms with Gasteiger partial charge in [-0.25, -0.2) is 4.98 Å². The van der Waals surface area contributed by atoms with Crippen molar-refractivity contribution in [2.75, 3.05) is 6.61 Å². The number of hydrogen-bond donors (Lipinski definition) is 2. The molecule has 0 bridgehead atoms. The van der Waals surface area contributed by atoms with Gasteiger partial charge in [0.15, 0.2) is 0 Å². The number of aliphatic hydroxyl groups is 1. The van der Waals surface area contributed by atoms with Crippen LogP contribution in [-0.4, -0.2) is 28.6 Å². The average Bonchev–Trinajstić information content (AvgIpc) is 2.34. The molecule has 0 saturated heterocycles. The van der Waals surface area contributed by atoms with Crippen LogP contribution < -0.4 is 5.32 Å². The minimum absolute atomic E-state index is 0.0713. The van der Waals surface area contributed by atoms with Crippen molar-refractivity contribution in [3.8, 4) is 0 Å². The normalized spacial score (nSPS) is 12.6. The molecule has 0 saturated carbocycles. The molecule has 1 aromatic rings. The molecular weight excluding hydrogens is 252 g/mol. The van der Waals surface area contributed by atoms with E-state index in [1.807, 2.05) is 20.8 Å². The molecule has 0 fully saturated rings. The molecule has 1 aromatic heterocycles. The van der Waals surface area contributed by atoms with Crippen LogP contribution in [0.4, 0.5) is 0 Å². The first-order valence-electron chi connectivity index (χ1n) is 6.07. The van der Waals surface area contributed by atoms with Crippen molar-refractivity contribution in [1.29, 1.82) is 0 Å². The molecule has 1 atom stereocenters. The Kier molecular flexibility index (Phi) is 5.56. The number of nitrogens with one attached hydrogen (secondary N) is 1. The monoisotopic (exact) mass is 270 g/mol. The van der Waals surface area contributed by atoms with Gasteiger partial charge in [-0.15, -0.1) is 0 Å². The van der Waals surface area contributed by atoms with Gasteiger partial charge >= 0.3 is 0 Å². The van der Waals surface area contributed by atoms with E-state index in [4.69, 9.17) is 16.7 Å². The first kappa shape index (κ1) is 14.9. The molecule has 100 valence electrons. The number of aliphatic hydroxyl groups excluding tert-OH is 1. The zero-order valence-electron chi connectivity index (χ0n) is 10.9. The first-order chi connectivity index (χ1) is 8.47. The Labute approximate surface area is 112 Å². The summed E-state index contributed by atoms with van der Waals surface area (Å²) in [5.74, 6) is -0.0304. The highest BCUT2D eigenvalue weighted by Crippen LogP contribution is 2.17. The standard InChI is InChI=1S/C13H19ClN2O2/c1-4-10(7-17)15-13(18)9-5-11(8(2)3)16-12(14)6-9/h5-6,8,10,17H,4,7H2,1-3H3,(H,15,18)/t10-/m0/s1. The fourth-order valence-corrected chi connectivity index (χ4v) is 1.70. The van der Waals surface area contributed by atoms with E-state index in [1.165, 1.54) is 6.07 Å². The SMILES string of the molecule is CC[C@@H](CO)NC(=O)c1cc(Cl)nc(C(C)C)c1. The Morgan fingerprint density at radius 3 is 2.67 bits per heavy atom. The molecule has 4 nitrogen and oxygen atoms in total. The summed E-state index contributed by atoms with van der Waals surface area (Å²) in [4.78, 5) is 16.2. The Balaban J connectivity index is 2.91. The van der Waals surface area contributed by atoms with E-state index in [0.29, 0.717) is 17.1 Å². The quantitative estimate of drug-likeness (QED) is 0.808. The molecule has 0 aromatic carbocycles. The third kappa shape index (κ3) is 3.96. The summed E-state index contributed by atoms with van der Waals surface area (Å²) in [5.41, 5.74) is 1.26. The van der Waals surface area contributed by atoms with E-state index < -0.39 is 0 Å². The van der Waals surface area contributed by atoms with E-state index in [9.17, 15) is 4.79 Å². The molecule has 0 radical (unpaired) electrons. The van der Waals surface area contributed by atoms with Gasteiger partial charge in [0, 0.05) is 11.3 Å². The maximum Gasteiger partial charge on any atom is 0.251 e. The lowest BCUT2D eigenvalue weighted by Crippen LogP contribution is -2.37. The maximum absolute atomic E-state index is 12.0. The lowest BCUT2D eigenvalue weighted by Gasteiger charge is -2.15. The highest BCUT2D eigenvalue weighted by molar-refractivity contribution is 6.29. The zero-order valence-corrected chi connectivity index (χ0v) is 11.7. The van der Waals surface area contributed by atoms with Crippen LogP contribution in [0, 0.1) is 0 Å². The van der Waals surface area contributed by atoms with E-state index >= 15 is 0 Å². The van der Waals surface area contributed by atoms with Crippen molar-refractivity contribution in [3.63, 3.8) is 0 Å². The Hall–Kier alpha value is -1.13. The van der Waals surface area contributed by atoms with Gasteiger partial charge in [-0.05, 0) is 24.5 Å². The summed E-state index contributed by atoms with van der Waals surface area (Å²) in [6.45, 7) is 5.81. The number of hydrogen-bond acceptors (Lipinski definition) is 3. The molecular formula is C13H19ClN2O2. The van der Waals surface area contributed by atoms with Crippen molar-refractivity contribution in [2.45, 2.75) is 39.2 Å². The van der Waals surface area contributed by atoms with Gasteiger partial charge in [0.25, 0.3) is 5.91 Å². The predicted octanol–water partition coefficient (Wildman–Crippen LogP) is 2.36. The molecule has 2 N–H and O–H groups in total. The second kappa shape index (κ2) is 6.71. The van der Waals surface area contributed by atoms with Crippen molar-refractivity contribution in [1.82, 2.24) is 10.3 Å². The van der Waals surface area contributed by atoms with Gasteiger partial charge in [-0.2, -0.15) is 0 Å². The number of nitrogens with zero attached hydrogens (tertiary/aromatic N) is 1. The van der Waals surface area contributed by atoms with Crippen molar-refractivity contribution in [2.24, 2.45) is 0 Å². The molecule has 0 spiro atoms. The summed E-state index contributed by atoms with van der Waals surface area (Å²) < 4.78 is 0. The van der Waals surface area contributed by atoms with Crippen molar-refractivity contribution in [3.05, 3.63) is 28.5 Å². The summed E-state index contributed by atoms with van der Waals surface area (Å²) >= 11 is 5.90. The molecule has 0 aliphatic heterocycles. The molecule has 0 aliphatic rings. The number of carbonyl (C=O) groups excluding carboxylic acids is 1. The molecule has 18 heavy (non-hydrogen) atoms. The smallest absolute Gasteiger partial charge is 0.251 e. The van der Waals surface area contributed by atoms with E-state index in [-0.39, 0.29) is 24.5 Å². The second-order valence-corrected chi connectivity index (χ2v) is 4.91. The number of amides is 1. The minimum atomic E-state index is -0.234. The summed E-state index contributed by atoms with van der Waals surface area (Å²) in [7, 11) is 0. The van der Waals surface area contributed by atoms with Crippen LogP contribution >= 0.6 is 11.6 Å². The van der Waals surface area contributed by atoms with Crippen LogP contribution in [0.15, 0.2) is 12.1 Å². The highest BCUT2D eigenvalue weighted by Gasteiger charge is 2.14. The van der Waals surface area contributed by atoms with Crippen LogP contribution in [0.3, 0.4) is 0 Å². The Morgan fingerprint density at radius 1 is 1.50 bits per heavy atom. The van der Waals surface area contributed by atoms with E-state index in [1.54, 1.807) is 6.07 Å². The summed E-state index contributed by atoms with van der Waals surface area (Å²) in [6.07, 6.45) is 0.679. The summed E-state index contributed by atoms with van der Waals surface area (Å²) in [6, 6.07) is 3.04. The lowest BCUT2D eigenvalue weighted by molar-refractivity contribution is 0.0914. The number of pyridine rings is 1. The van der Waals surface area contributed by atoms with Crippen molar-refractivity contribution < 1.29 is 9.90 Å². The third-order valence-electron chi connectivity index (χ3n) is 2.72. The number of carbonyl (C=O) groups is 1. The fourth-order valence-electron chi connectivity index (χ4n) is 1.49. The lowest BCUT2D eigenvalue weighted by atomic mass is 10.1. The van der Waals surface area contributed by atoms with Crippen LogP contribution in [0.25, 0.3) is 0 Å². The van der Waals surface area contributed by atoms with Crippen LogP contribution in [0.5, 0.6) is 0 Å². The third-order valence-corrected chi connectivity index (χ3v) is 2.91. The largest absolute Gasteiger partial charge is 0.394 e. The number of aromatic nitrogens is 1. The van der Waals surface area contributed by atoms with Gasteiger partial charge in [0.05, 0.1) is 12.6 Å². The highest BCUT2D eigenvalue weighted by atomic mass is 35.5. The fraction of sp³-hybridized carbons (Fsp3) is 0.538. The van der Waals surface area contributed by atoms with Crippen molar-refractivity contribution >= 4 is 17.5 Å². The van der Waals surface area contributed by atoms with Gasteiger partial charge in [0.1, 0.15) is 5.15 Å². The molecule has 1 heterocycles. The molecule has 0 unspecified atom stereocenters. The van der Waals surface area contributed by atoms with Gasteiger partial charge < -0.3 is 10.4 Å². The molecule has 5 heteroatoms. The van der Waals surface area contributed by atoms with Gasteiger partial charge in [-0.1, -0.05) is 32.4 Å². The predicted molar refractivity (Wildman–Crippen MR) is 72.0 cm³/mol. The number of halogens is 1. The zero-order chi connectivity index (χ0) is 13.7. The maximum atomic E-state index is 12.0. The molecule has 1 amide bonds.